The molecule has 1 saturated heterocycles. The number of nitrogens with zero attached hydrogens (tertiary/aromatic N) is 4. The number of hydrogen-bond acceptors (Lipinski definition) is 7. The number of anilines is 2. The van der Waals surface area contributed by atoms with Gasteiger partial charge in [0.05, 0.1) is 6.61 Å². The van der Waals surface area contributed by atoms with Gasteiger partial charge in [0.1, 0.15) is 5.82 Å². The van der Waals surface area contributed by atoms with Crippen LogP contribution in [0.2, 0.25) is 0 Å². The number of aryl methyl sites for hydroxylation is 1. The first-order chi connectivity index (χ1) is 14.6. The number of piperazine rings is 1. The zero-order valence-corrected chi connectivity index (χ0v) is 18.8. The topological polar surface area (TPSA) is 65.6 Å². The van der Waals surface area contributed by atoms with E-state index in [0.717, 1.165) is 75.1 Å². The summed E-state index contributed by atoms with van der Waals surface area (Å²) in [6, 6.07) is 9.00. The van der Waals surface area contributed by atoms with Crippen LogP contribution in [0, 0.1) is 6.92 Å². The summed E-state index contributed by atoms with van der Waals surface area (Å²) in [5.41, 5.74) is 3.38. The highest BCUT2D eigenvalue weighted by Crippen LogP contribution is 2.23. The van der Waals surface area contributed by atoms with Crippen molar-refractivity contribution in [1.82, 2.24) is 20.2 Å². The van der Waals surface area contributed by atoms with Crippen LogP contribution in [0.4, 0.5) is 11.5 Å². The molecule has 1 aliphatic rings. The third kappa shape index (κ3) is 6.39. The minimum absolute atomic E-state index is 0.371. The van der Waals surface area contributed by atoms with Crippen molar-refractivity contribution in [3.63, 3.8) is 0 Å². The minimum Gasteiger partial charge on any atom is -0.383 e. The Morgan fingerprint density at radius 1 is 1.10 bits per heavy atom. The average Bonchev–Trinajstić information content (AvgIpc) is 2.76. The number of ether oxygens (including phenoxy) is 1. The number of hydrogen-bond donors (Lipinski definition) is 2. The second-order valence-corrected chi connectivity index (χ2v) is 8.15. The van der Waals surface area contributed by atoms with Crippen LogP contribution in [0.25, 0.3) is 11.4 Å². The van der Waals surface area contributed by atoms with Crippen molar-refractivity contribution >= 4 is 11.5 Å². The molecular formula is C23H36N6O. The van der Waals surface area contributed by atoms with Crippen LogP contribution in [0.1, 0.15) is 18.9 Å². The van der Waals surface area contributed by atoms with E-state index >= 15 is 0 Å². The normalized spacial score (nSPS) is 15.9. The number of methoxy groups -OCH3 is 1. The molecule has 2 heterocycles. The molecule has 0 spiro atoms. The fourth-order valence-electron chi connectivity index (χ4n) is 3.60. The van der Waals surface area contributed by atoms with E-state index in [2.05, 4.69) is 63.7 Å². The maximum absolute atomic E-state index is 5.15. The fraction of sp³-hybridized carbons (Fsp3) is 0.565. The molecule has 0 radical (unpaired) electrons. The summed E-state index contributed by atoms with van der Waals surface area (Å²) in [6.45, 7) is 11.1. The van der Waals surface area contributed by atoms with E-state index < -0.39 is 0 Å². The molecule has 1 aromatic heterocycles. The van der Waals surface area contributed by atoms with Crippen LogP contribution in [0.3, 0.4) is 0 Å². The minimum atomic E-state index is 0.371. The maximum atomic E-state index is 5.15. The number of aromatic nitrogens is 2. The predicted octanol–water partition coefficient (Wildman–Crippen LogP) is 2.63. The third-order valence-corrected chi connectivity index (χ3v) is 5.52. The standard InChI is InChI=1S/C23H36N6O/c1-18-16-26-23(27-22(18)25-11-5-10-24-19(2)17-30-4)20-6-8-21(9-7-20)29-14-12-28(3)13-15-29/h6-9,16,19,24H,5,10-15,17H2,1-4H3,(H,25,26,27). The second kappa shape index (κ2) is 11.2. The molecule has 7 nitrogen and oxygen atoms in total. The quantitative estimate of drug-likeness (QED) is 0.582. The molecule has 1 atom stereocenters. The van der Waals surface area contributed by atoms with Gasteiger partial charge in [-0.15, -0.1) is 0 Å². The van der Waals surface area contributed by atoms with Crippen LogP contribution >= 0.6 is 0 Å². The Morgan fingerprint density at radius 3 is 2.53 bits per heavy atom. The van der Waals surface area contributed by atoms with Gasteiger partial charge < -0.3 is 25.2 Å². The molecule has 30 heavy (non-hydrogen) atoms. The molecule has 3 rings (SSSR count). The lowest BCUT2D eigenvalue weighted by molar-refractivity contribution is 0.172. The lowest BCUT2D eigenvalue weighted by Crippen LogP contribution is -2.44. The Hall–Kier alpha value is -2.22. The molecule has 0 amide bonds. The van der Waals surface area contributed by atoms with Crippen molar-refractivity contribution in [3.05, 3.63) is 36.0 Å². The van der Waals surface area contributed by atoms with Gasteiger partial charge in [-0.3, -0.25) is 0 Å². The van der Waals surface area contributed by atoms with Crippen molar-refractivity contribution in [2.75, 3.05) is 70.2 Å². The van der Waals surface area contributed by atoms with E-state index in [0.29, 0.717) is 6.04 Å². The number of rotatable bonds is 10. The lowest BCUT2D eigenvalue weighted by atomic mass is 10.1. The van der Waals surface area contributed by atoms with Gasteiger partial charge in [0, 0.05) is 68.9 Å². The summed E-state index contributed by atoms with van der Waals surface area (Å²) in [5.74, 6) is 1.67. The fourth-order valence-corrected chi connectivity index (χ4v) is 3.60. The SMILES string of the molecule is COCC(C)NCCCNc1nc(-c2ccc(N3CCN(C)CC3)cc2)ncc1C. The molecule has 1 fully saturated rings. The smallest absolute Gasteiger partial charge is 0.161 e. The molecule has 1 aliphatic heterocycles. The largest absolute Gasteiger partial charge is 0.383 e. The summed E-state index contributed by atoms with van der Waals surface area (Å²) in [4.78, 5) is 14.1. The second-order valence-electron chi connectivity index (χ2n) is 8.15. The molecule has 1 unspecified atom stereocenters. The molecule has 1 aromatic carbocycles. The Morgan fingerprint density at radius 2 is 1.83 bits per heavy atom. The molecule has 7 heteroatoms. The van der Waals surface area contributed by atoms with Crippen LogP contribution in [-0.4, -0.2) is 80.9 Å². The molecule has 0 saturated carbocycles. The van der Waals surface area contributed by atoms with Gasteiger partial charge >= 0.3 is 0 Å². The van der Waals surface area contributed by atoms with Crippen molar-refractivity contribution < 1.29 is 4.74 Å². The maximum Gasteiger partial charge on any atom is 0.161 e. The van der Waals surface area contributed by atoms with Crippen molar-refractivity contribution in [1.29, 1.82) is 0 Å². The highest BCUT2D eigenvalue weighted by Gasteiger charge is 2.14. The van der Waals surface area contributed by atoms with E-state index in [1.807, 2.05) is 13.1 Å². The highest BCUT2D eigenvalue weighted by molar-refractivity contribution is 5.62. The monoisotopic (exact) mass is 412 g/mol. The zero-order chi connectivity index (χ0) is 21.3. The van der Waals surface area contributed by atoms with Crippen molar-refractivity contribution in [2.24, 2.45) is 0 Å². The first kappa shape index (κ1) is 22.5. The molecule has 0 aliphatic carbocycles. The Balaban J connectivity index is 1.55. The lowest BCUT2D eigenvalue weighted by Gasteiger charge is -2.34. The van der Waals surface area contributed by atoms with Crippen LogP contribution in [-0.2, 0) is 4.74 Å². The van der Waals surface area contributed by atoms with Crippen LogP contribution < -0.4 is 15.5 Å². The van der Waals surface area contributed by atoms with Crippen molar-refractivity contribution in [3.8, 4) is 11.4 Å². The average molecular weight is 413 g/mol. The van der Waals surface area contributed by atoms with Gasteiger partial charge in [-0.1, -0.05) is 0 Å². The molecule has 2 N–H and O–H groups in total. The first-order valence-corrected chi connectivity index (χ1v) is 10.9. The predicted molar refractivity (Wildman–Crippen MR) is 124 cm³/mol. The van der Waals surface area contributed by atoms with E-state index in [-0.39, 0.29) is 0 Å². The summed E-state index contributed by atoms with van der Waals surface area (Å²) < 4.78 is 5.15. The summed E-state index contributed by atoms with van der Waals surface area (Å²) in [5, 5.41) is 6.91. The van der Waals surface area contributed by atoms with Crippen LogP contribution in [0.15, 0.2) is 30.5 Å². The highest BCUT2D eigenvalue weighted by atomic mass is 16.5. The molecule has 2 aromatic rings. The van der Waals surface area contributed by atoms with Crippen molar-refractivity contribution in [2.45, 2.75) is 26.3 Å². The Labute approximate surface area is 180 Å². The summed E-state index contributed by atoms with van der Waals surface area (Å²) in [6.07, 6.45) is 2.92. The third-order valence-electron chi connectivity index (χ3n) is 5.52. The van der Waals surface area contributed by atoms with E-state index in [4.69, 9.17) is 9.72 Å². The Kier molecular flexibility index (Phi) is 8.42. The zero-order valence-electron chi connectivity index (χ0n) is 18.8. The van der Waals surface area contributed by atoms with Gasteiger partial charge in [-0.25, -0.2) is 9.97 Å². The van der Waals surface area contributed by atoms with E-state index in [9.17, 15) is 0 Å². The molecule has 0 bridgehead atoms. The van der Waals surface area contributed by atoms with Gasteiger partial charge in [-0.2, -0.15) is 0 Å². The van der Waals surface area contributed by atoms with E-state index in [1.54, 1.807) is 7.11 Å². The molecule has 164 valence electrons. The Bertz CT molecular complexity index is 774. The molecular weight excluding hydrogens is 376 g/mol. The van der Waals surface area contributed by atoms with Crippen LogP contribution in [0.5, 0.6) is 0 Å². The van der Waals surface area contributed by atoms with Gasteiger partial charge in [-0.05, 0) is 58.1 Å². The van der Waals surface area contributed by atoms with Gasteiger partial charge in [0.2, 0.25) is 0 Å². The van der Waals surface area contributed by atoms with Gasteiger partial charge in [0.15, 0.2) is 5.82 Å². The van der Waals surface area contributed by atoms with Gasteiger partial charge in [0.25, 0.3) is 0 Å². The number of nitrogens with one attached hydrogen (secondary N) is 2. The van der Waals surface area contributed by atoms with E-state index in [1.165, 1.54) is 5.69 Å². The summed E-state index contributed by atoms with van der Waals surface area (Å²) >= 11 is 0. The summed E-state index contributed by atoms with van der Waals surface area (Å²) in [7, 11) is 3.91. The number of benzene rings is 1. The first-order valence-electron chi connectivity index (χ1n) is 10.9. The number of likely N-dealkylation sites (N-methyl/N-ethyl adjacent to an activating group) is 1.